The summed E-state index contributed by atoms with van der Waals surface area (Å²) in [6.45, 7) is 1.60. The maximum Gasteiger partial charge on any atom is 0.328 e. The van der Waals surface area contributed by atoms with E-state index >= 15 is 0 Å². The number of carbonyl (C=O) groups excluding carboxylic acids is 3. The van der Waals surface area contributed by atoms with Crippen molar-refractivity contribution in [2.45, 2.75) is 12.8 Å². The zero-order valence-corrected chi connectivity index (χ0v) is 12.5. The van der Waals surface area contributed by atoms with Crippen LogP contribution in [0, 0.1) is 18.7 Å². The van der Waals surface area contributed by atoms with Gasteiger partial charge < -0.3 is 5.10 Å². The van der Waals surface area contributed by atoms with Crippen molar-refractivity contribution in [2.24, 2.45) is 5.92 Å². The van der Waals surface area contributed by atoms with Gasteiger partial charge in [0.05, 0.1) is 0 Å². The van der Waals surface area contributed by atoms with Crippen molar-refractivity contribution >= 4 is 17.8 Å². The SMILES string of the molecule is Cc1[nH][nH]c(=O)c1C(c1ccc(F)cc1)C1C(=O)NC(=O)NC1=O. The van der Waals surface area contributed by atoms with E-state index in [9.17, 15) is 23.6 Å². The predicted octanol–water partition coefficient (Wildman–Crippen LogP) is 0.265. The highest BCUT2D eigenvalue weighted by atomic mass is 19.1. The summed E-state index contributed by atoms with van der Waals surface area (Å²) in [6.07, 6.45) is 0. The van der Waals surface area contributed by atoms with Crippen LogP contribution in [0.15, 0.2) is 29.1 Å². The number of benzene rings is 1. The lowest BCUT2D eigenvalue weighted by atomic mass is 9.79. The first-order valence-electron chi connectivity index (χ1n) is 7.06. The highest BCUT2D eigenvalue weighted by molar-refractivity contribution is 6.16. The van der Waals surface area contributed by atoms with Gasteiger partial charge in [0.15, 0.2) is 0 Å². The van der Waals surface area contributed by atoms with Crippen LogP contribution in [0.3, 0.4) is 0 Å². The van der Waals surface area contributed by atoms with Crippen molar-refractivity contribution in [3.63, 3.8) is 0 Å². The van der Waals surface area contributed by atoms with Gasteiger partial charge in [0, 0.05) is 17.2 Å². The van der Waals surface area contributed by atoms with Crippen LogP contribution in [-0.4, -0.2) is 28.0 Å². The predicted molar refractivity (Wildman–Crippen MR) is 79.6 cm³/mol. The van der Waals surface area contributed by atoms with E-state index in [-0.39, 0.29) is 5.56 Å². The molecule has 2 aromatic rings. The maximum atomic E-state index is 13.2. The van der Waals surface area contributed by atoms with Gasteiger partial charge in [-0.15, -0.1) is 0 Å². The van der Waals surface area contributed by atoms with Gasteiger partial charge in [0.2, 0.25) is 11.8 Å². The number of hydrogen-bond donors (Lipinski definition) is 4. The van der Waals surface area contributed by atoms with Crippen LogP contribution in [0.4, 0.5) is 9.18 Å². The topological polar surface area (TPSA) is 124 Å². The second kappa shape index (κ2) is 5.76. The van der Waals surface area contributed by atoms with Gasteiger partial charge in [0.25, 0.3) is 5.56 Å². The Morgan fingerprint density at radius 2 is 1.54 bits per heavy atom. The first kappa shape index (κ1) is 15.7. The monoisotopic (exact) mass is 332 g/mol. The summed E-state index contributed by atoms with van der Waals surface area (Å²) in [7, 11) is 0. The molecule has 1 fully saturated rings. The molecule has 124 valence electrons. The molecule has 2 heterocycles. The minimum atomic E-state index is -1.34. The van der Waals surface area contributed by atoms with E-state index in [1.165, 1.54) is 24.3 Å². The zero-order chi connectivity index (χ0) is 17.4. The fourth-order valence-electron chi connectivity index (χ4n) is 2.86. The van der Waals surface area contributed by atoms with Crippen molar-refractivity contribution in [2.75, 3.05) is 0 Å². The first-order chi connectivity index (χ1) is 11.4. The van der Waals surface area contributed by atoms with E-state index in [2.05, 4.69) is 10.2 Å². The number of urea groups is 1. The van der Waals surface area contributed by atoms with E-state index in [0.717, 1.165) is 0 Å². The summed E-state index contributed by atoms with van der Waals surface area (Å²) < 4.78 is 13.2. The van der Waals surface area contributed by atoms with Gasteiger partial charge in [0.1, 0.15) is 11.7 Å². The molecule has 9 heteroatoms. The van der Waals surface area contributed by atoms with Crippen LogP contribution in [-0.2, 0) is 9.59 Å². The number of rotatable bonds is 3. The molecule has 0 radical (unpaired) electrons. The molecule has 8 nitrogen and oxygen atoms in total. The minimum absolute atomic E-state index is 0.172. The van der Waals surface area contributed by atoms with Gasteiger partial charge in [-0.05, 0) is 24.6 Å². The fourth-order valence-corrected chi connectivity index (χ4v) is 2.86. The molecule has 1 aliphatic rings. The number of amides is 4. The third-order valence-electron chi connectivity index (χ3n) is 3.92. The molecule has 4 N–H and O–H groups in total. The average Bonchev–Trinajstić information content (AvgIpc) is 2.83. The molecular formula is C15H13FN4O4. The van der Waals surface area contributed by atoms with Gasteiger partial charge in [-0.1, -0.05) is 12.1 Å². The molecule has 0 aliphatic carbocycles. The van der Waals surface area contributed by atoms with Crippen molar-refractivity contribution in [1.29, 1.82) is 0 Å². The van der Waals surface area contributed by atoms with Crippen LogP contribution in [0.2, 0.25) is 0 Å². The molecule has 0 saturated carbocycles. The molecule has 0 spiro atoms. The Morgan fingerprint density at radius 3 is 2.04 bits per heavy atom. The Morgan fingerprint density at radius 1 is 0.958 bits per heavy atom. The highest BCUT2D eigenvalue weighted by Gasteiger charge is 2.43. The molecule has 1 saturated heterocycles. The third kappa shape index (κ3) is 2.60. The lowest BCUT2D eigenvalue weighted by Gasteiger charge is -2.28. The standard InChI is InChI=1S/C15H13FN4O4/c1-6-9(14(23)20-19-6)10(7-2-4-8(16)5-3-7)11-12(21)17-15(24)18-13(11)22/h2-5,10-11H,1H3,(H2,19,20,23)(H2,17,18,21,22,24). The van der Waals surface area contributed by atoms with E-state index < -0.39 is 41.1 Å². The molecule has 1 unspecified atom stereocenters. The summed E-state index contributed by atoms with van der Waals surface area (Å²) in [5.41, 5.74) is 0.506. The lowest BCUT2D eigenvalue weighted by Crippen LogP contribution is -2.57. The first-order valence-corrected chi connectivity index (χ1v) is 7.06. The Hall–Kier alpha value is -3.23. The van der Waals surface area contributed by atoms with Gasteiger partial charge >= 0.3 is 6.03 Å². The van der Waals surface area contributed by atoms with E-state index in [1.807, 2.05) is 10.6 Å². The number of aromatic amines is 2. The smallest absolute Gasteiger partial charge is 0.302 e. The molecule has 0 bridgehead atoms. The Bertz CT molecular complexity index is 864. The number of barbiturate groups is 1. The summed E-state index contributed by atoms with van der Waals surface area (Å²) in [6, 6.07) is 4.20. The second-order valence-electron chi connectivity index (χ2n) is 5.43. The zero-order valence-electron chi connectivity index (χ0n) is 12.5. The molecule has 1 aromatic heterocycles. The van der Waals surface area contributed by atoms with Gasteiger partial charge in [-0.3, -0.25) is 30.1 Å². The van der Waals surface area contributed by atoms with Crippen molar-refractivity contribution < 1.29 is 18.8 Å². The molecule has 1 aromatic carbocycles. The number of imide groups is 2. The number of aromatic nitrogens is 2. The summed E-state index contributed by atoms with van der Waals surface area (Å²) >= 11 is 0. The Balaban J connectivity index is 2.17. The van der Waals surface area contributed by atoms with Crippen molar-refractivity contribution in [3.05, 3.63) is 57.3 Å². The molecule has 3 rings (SSSR count). The van der Waals surface area contributed by atoms with Crippen LogP contribution >= 0.6 is 0 Å². The van der Waals surface area contributed by atoms with Crippen LogP contribution < -0.4 is 16.2 Å². The summed E-state index contributed by atoms with van der Waals surface area (Å²) in [5, 5.41) is 9.06. The largest absolute Gasteiger partial charge is 0.328 e. The van der Waals surface area contributed by atoms with Crippen molar-refractivity contribution in [1.82, 2.24) is 20.8 Å². The molecule has 1 aliphatic heterocycles. The number of hydrogen-bond acceptors (Lipinski definition) is 4. The van der Waals surface area contributed by atoms with Crippen molar-refractivity contribution in [3.8, 4) is 0 Å². The number of halogens is 1. The Labute approximate surface area is 134 Å². The lowest BCUT2D eigenvalue weighted by molar-refractivity contribution is -0.136. The van der Waals surface area contributed by atoms with E-state index in [0.29, 0.717) is 11.3 Å². The molecule has 24 heavy (non-hydrogen) atoms. The quantitative estimate of drug-likeness (QED) is 0.602. The summed E-state index contributed by atoms with van der Waals surface area (Å²) in [5.74, 6) is -4.46. The maximum absolute atomic E-state index is 13.2. The fraction of sp³-hybridized carbons (Fsp3) is 0.200. The molecular weight excluding hydrogens is 319 g/mol. The van der Waals surface area contributed by atoms with Gasteiger partial charge in [-0.25, -0.2) is 9.18 Å². The normalized spacial score (nSPS) is 16.7. The highest BCUT2D eigenvalue weighted by Crippen LogP contribution is 2.33. The number of H-pyrrole nitrogens is 2. The van der Waals surface area contributed by atoms with Crippen LogP contribution in [0.5, 0.6) is 0 Å². The average molecular weight is 332 g/mol. The van der Waals surface area contributed by atoms with E-state index in [4.69, 9.17) is 0 Å². The summed E-state index contributed by atoms with van der Waals surface area (Å²) in [4.78, 5) is 47.9. The second-order valence-corrected chi connectivity index (χ2v) is 5.43. The third-order valence-corrected chi connectivity index (χ3v) is 3.92. The number of nitrogens with one attached hydrogen (secondary N) is 4. The van der Waals surface area contributed by atoms with Crippen LogP contribution in [0.1, 0.15) is 22.7 Å². The minimum Gasteiger partial charge on any atom is -0.302 e. The Kier molecular flexibility index (Phi) is 3.76. The molecule has 4 amide bonds. The molecule has 1 atom stereocenters. The number of carbonyl (C=O) groups is 3. The van der Waals surface area contributed by atoms with Crippen LogP contribution in [0.25, 0.3) is 0 Å². The van der Waals surface area contributed by atoms with E-state index in [1.54, 1.807) is 6.92 Å². The van der Waals surface area contributed by atoms with Gasteiger partial charge in [-0.2, -0.15) is 0 Å². The number of aryl methyl sites for hydroxylation is 1.